The van der Waals surface area contributed by atoms with Crippen molar-refractivity contribution in [2.75, 3.05) is 0 Å². The summed E-state index contributed by atoms with van der Waals surface area (Å²) in [6.07, 6.45) is 0. The van der Waals surface area contributed by atoms with E-state index in [4.69, 9.17) is 0 Å². The fourth-order valence-corrected chi connectivity index (χ4v) is 6.99. The molecule has 4 nitrogen and oxygen atoms in total. The summed E-state index contributed by atoms with van der Waals surface area (Å²) in [4.78, 5) is 0.374. The molecule has 2 atom stereocenters. The molecule has 108 valence electrons. The van der Waals surface area contributed by atoms with Crippen molar-refractivity contribution in [3.05, 3.63) is 29.8 Å². The van der Waals surface area contributed by atoms with E-state index in [0.717, 1.165) is 5.56 Å². The first kappa shape index (κ1) is 13.7. The van der Waals surface area contributed by atoms with Crippen LogP contribution in [0, 0.1) is 12.3 Å². The summed E-state index contributed by atoms with van der Waals surface area (Å²) >= 11 is 0. The first-order valence-electron chi connectivity index (χ1n) is 6.82. The van der Waals surface area contributed by atoms with Crippen molar-refractivity contribution in [1.82, 2.24) is 0 Å². The minimum Gasteiger partial charge on any atom is -0.223 e. The number of hydrogen-bond acceptors (Lipinski definition) is 4. The first-order valence-corrected chi connectivity index (χ1v) is 8.31. The highest BCUT2D eigenvalue weighted by Crippen LogP contribution is 2.72. The molecule has 0 unspecified atom stereocenters. The molecule has 1 heterocycles. The molecule has 1 aliphatic heterocycles. The van der Waals surface area contributed by atoms with Gasteiger partial charge in [-0.1, -0.05) is 31.5 Å². The lowest BCUT2D eigenvalue weighted by molar-refractivity contribution is 0.383. The van der Waals surface area contributed by atoms with Gasteiger partial charge in [-0.15, -0.1) is 0 Å². The quantitative estimate of drug-likeness (QED) is 0.840. The third kappa shape index (κ3) is 1.25. The average Bonchev–Trinajstić information content (AvgIpc) is 2.67. The van der Waals surface area contributed by atoms with Crippen LogP contribution in [0.5, 0.6) is 0 Å². The first-order chi connectivity index (χ1) is 9.09. The Hall–Kier alpha value is -1.23. The van der Waals surface area contributed by atoms with Crippen molar-refractivity contribution < 1.29 is 8.42 Å². The van der Waals surface area contributed by atoms with E-state index in [9.17, 15) is 8.42 Å². The van der Waals surface area contributed by atoms with Crippen LogP contribution in [-0.4, -0.2) is 24.7 Å². The van der Waals surface area contributed by atoms with Crippen molar-refractivity contribution >= 4 is 9.84 Å². The molecule has 0 radical (unpaired) electrons. The van der Waals surface area contributed by atoms with Crippen molar-refractivity contribution in [3.8, 4) is 0 Å². The number of nitrogens with zero attached hydrogens (tertiary/aromatic N) is 2. The van der Waals surface area contributed by atoms with Crippen molar-refractivity contribution in [3.63, 3.8) is 0 Å². The molecule has 1 aliphatic carbocycles. The molecule has 20 heavy (non-hydrogen) atoms. The Kier molecular flexibility index (Phi) is 2.41. The van der Waals surface area contributed by atoms with Gasteiger partial charge in [-0.05, 0) is 32.9 Å². The highest BCUT2D eigenvalue weighted by molar-refractivity contribution is 7.93. The predicted molar refractivity (Wildman–Crippen MR) is 77.6 cm³/mol. The van der Waals surface area contributed by atoms with Gasteiger partial charge >= 0.3 is 0 Å². The van der Waals surface area contributed by atoms with Gasteiger partial charge in [0.15, 0.2) is 9.84 Å². The zero-order valence-electron chi connectivity index (χ0n) is 12.5. The summed E-state index contributed by atoms with van der Waals surface area (Å²) in [5, 5.41) is 8.46. The van der Waals surface area contributed by atoms with E-state index in [1.807, 2.05) is 46.8 Å². The number of rotatable bonds is 2. The third-order valence-corrected chi connectivity index (χ3v) is 8.02. The monoisotopic (exact) mass is 292 g/mol. The van der Waals surface area contributed by atoms with Gasteiger partial charge in [-0.3, -0.25) is 0 Å². The Morgan fingerprint density at radius 3 is 2.05 bits per heavy atom. The molecule has 1 saturated carbocycles. The number of azo groups is 1. The molecule has 5 heteroatoms. The zero-order chi connectivity index (χ0) is 15.0. The Bertz CT molecular complexity index is 702. The Morgan fingerprint density at radius 1 is 1.05 bits per heavy atom. The Labute approximate surface area is 120 Å². The number of aryl methyl sites for hydroxylation is 1. The van der Waals surface area contributed by atoms with E-state index >= 15 is 0 Å². The summed E-state index contributed by atoms with van der Waals surface area (Å²) in [7, 11) is -3.48. The van der Waals surface area contributed by atoms with Crippen LogP contribution in [0.2, 0.25) is 0 Å². The maximum absolute atomic E-state index is 13.2. The van der Waals surface area contributed by atoms with E-state index in [-0.39, 0.29) is 11.5 Å². The molecule has 2 aliphatic rings. The molecule has 0 bridgehead atoms. The minimum absolute atomic E-state index is 0.240. The van der Waals surface area contributed by atoms with Crippen LogP contribution < -0.4 is 0 Å². The van der Waals surface area contributed by atoms with E-state index in [0.29, 0.717) is 4.90 Å². The van der Waals surface area contributed by atoms with Gasteiger partial charge in [-0.25, -0.2) is 8.42 Å². The van der Waals surface area contributed by atoms with Crippen LogP contribution in [-0.2, 0) is 9.84 Å². The molecule has 0 saturated heterocycles. The molecule has 0 aromatic heterocycles. The van der Waals surface area contributed by atoms with Crippen molar-refractivity contribution in [2.24, 2.45) is 15.6 Å². The maximum atomic E-state index is 13.2. The summed E-state index contributed by atoms with van der Waals surface area (Å²) in [6, 6.07) is 6.82. The molecular formula is C15H20N2O2S. The second-order valence-electron chi connectivity index (χ2n) is 6.95. The van der Waals surface area contributed by atoms with Crippen LogP contribution in [0.4, 0.5) is 0 Å². The van der Waals surface area contributed by atoms with E-state index in [1.165, 1.54) is 0 Å². The highest BCUT2D eigenvalue weighted by Gasteiger charge is 2.87. The van der Waals surface area contributed by atoms with Gasteiger partial charge < -0.3 is 0 Å². The summed E-state index contributed by atoms with van der Waals surface area (Å²) in [5.74, 6) is 0. The van der Waals surface area contributed by atoms with E-state index in [2.05, 4.69) is 10.2 Å². The molecule has 1 aromatic rings. The van der Waals surface area contributed by atoms with Crippen LogP contribution in [0.1, 0.15) is 33.3 Å². The molecule has 3 rings (SSSR count). The standard InChI is InChI=1S/C15H20N2O2S/c1-10-6-8-11(9-7-10)20(18,19)15-12(13(15,2)3)16-17-14(15,4)5/h6-9,12H,1-5H3/t12-,15-/m1/s1. The summed E-state index contributed by atoms with van der Waals surface area (Å²) < 4.78 is 25.5. The fraction of sp³-hybridized carbons (Fsp3) is 0.600. The highest BCUT2D eigenvalue weighted by atomic mass is 32.2. The number of sulfone groups is 1. The fourth-order valence-electron chi connectivity index (χ4n) is 4.05. The van der Waals surface area contributed by atoms with Crippen LogP contribution in [0.25, 0.3) is 0 Å². The molecule has 1 aromatic carbocycles. The van der Waals surface area contributed by atoms with Gasteiger partial charge in [0.05, 0.1) is 10.4 Å². The topological polar surface area (TPSA) is 58.9 Å². The van der Waals surface area contributed by atoms with Gasteiger partial charge in [0.25, 0.3) is 0 Å². The zero-order valence-corrected chi connectivity index (χ0v) is 13.3. The third-order valence-electron chi connectivity index (χ3n) is 5.03. The van der Waals surface area contributed by atoms with Gasteiger partial charge in [0, 0.05) is 5.41 Å². The summed E-state index contributed by atoms with van der Waals surface area (Å²) in [5.41, 5.74) is -0.0135. The summed E-state index contributed by atoms with van der Waals surface area (Å²) in [6.45, 7) is 9.64. The van der Waals surface area contributed by atoms with Crippen molar-refractivity contribution in [2.45, 2.75) is 55.8 Å². The second-order valence-corrected chi connectivity index (χ2v) is 9.07. The molecule has 0 spiro atoms. The maximum Gasteiger partial charge on any atom is 0.189 e. The predicted octanol–water partition coefficient (Wildman–Crippen LogP) is 3.16. The lowest BCUT2D eigenvalue weighted by Gasteiger charge is -2.30. The van der Waals surface area contributed by atoms with Crippen molar-refractivity contribution in [1.29, 1.82) is 0 Å². The van der Waals surface area contributed by atoms with Gasteiger partial charge in [-0.2, -0.15) is 10.2 Å². The van der Waals surface area contributed by atoms with Gasteiger partial charge in [0.1, 0.15) is 10.8 Å². The number of benzene rings is 1. The Balaban J connectivity index is 2.20. The van der Waals surface area contributed by atoms with Crippen LogP contribution >= 0.6 is 0 Å². The lowest BCUT2D eigenvalue weighted by Crippen LogP contribution is -2.46. The molecule has 0 N–H and O–H groups in total. The minimum atomic E-state index is -3.48. The van der Waals surface area contributed by atoms with Crippen LogP contribution in [0.15, 0.2) is 39.4 Å². The largest absolute Gasteiger partial charge is 0.223 e. The lowest BCUT2D eigenvalue weighted by atomic mass is 9.93. The smallest absolute Gasteiger partial charge is 0.189 e. The molecule has 0 amide bonds. The second kappa shape index (κ2) is 3.50. The number of fused-ring (bicyclic) bond motifs is 1. The van der Waals surface area contributed by atoms with Crippen LogP contribution in [0.3, 0.4) is 0 Å². The van der Waals surface area contributed by atoms with Gasteiger partial charge in [0.2, 0.25) is 0 Å². The Morgan fingerprint density at radius 2 is 1.60 bits per heavy atom. The normalized spacial score (nSPS) is 33.0. The average molecular weight is 292 g/mol. The molecule has 1 fully saturated rings. The van der Waals surface area contributed by atoms with E-state index in [1.54, 1.807) is 12.1 Å². The SMILES string of the molecule is Cc1ccc(S(=O)(=O)[C@@]23[C@H](N=NC2(C)C)C3(C)C)cc1. The number of hydrogen-bond donors (Lipinski definition) is 0. The molecular weight excluding hydrogens is 272 g/mol. The van der Waals surface area contributed by atoms with E-state index < -0.39 is 20.1 Å².